The average Bonchev–Trinajstić information content (AvgIpc) is 3.22. The van der Waals surface area contributed by atoms with E-state index in [4.69, 9.17) is 5.73 Å². The number of anilines is 1. The standard InChI is InChI=1S/C15H16N6OS2/c1-20(13(22)10-23-15-19-18-14(16)24-15)8-11-7-17-21(9-11)12-5-3-2-4-6-12/h2-7,9H,8,10H2,1H3,(H2,16,18). The number of carbonyl (C=O) groups excluding carboxylic acids is 1. The van der Waals surface area contributed by atoms with Crippen LogP contribution in [0.4, 0.5) is 5.13 Å². The molecule has 0 saturated heterocycles. The van der Waals surface area contributed by atoms with Crippen LogP contribution in [-0.2, 0) is 11.3 Å². The van der Waals surface area contributed by atoms with Gasteiger partial charge in [0, 0.05) is 25.4 Å². The number of aromatic nitrogens is 4. The highest BCUT2D eigenvalue weighted by atomic mass is 32.2. The van der Waals surface area contributed by atoms with E-state index in [-0.39, 0.29) is 5.91 Å². The second kappa shape index (κ2) is 7.45. The summed E-state index contributed by atoms with van der Waals surface area (Å²) in [5.41, 5.74) is 7.48. The fourth-order valence-corrected chi connectivity index (χ4v) is 3.61. The van der Waals surface area contributed by atoms with E-state index in [2.05, 4.69) is 15.3 Å². The Morgan fingerprint density at radius 2 is 2.12 bits per heavy atom. The van der Waals surface area contributed by atoms with Crippen molar-refractivity contribution in [3.8, 4) is 5.69 Å². The summed E-state index contributed by atoms with van der Waals surface area (Å²) in [7, 11) is 1.78. The monoisotopic (exact) mass is 360 g/mol. The predicted molar refractivity (Wildman–Crippen MR) is 95.1 cm³/mol. The van der Waals surface area contributed by atoms with Gasteiger partial charge in [-0.05, 0) is 12.1 Å². The lowest BCUT2D eigenvalue weighted by Crippen LogP contribution is -2.27. The number of amides is 1. The quantitative estimate of drug-likeness (QED) is 0.677. The van der Waals surface area contributed by atoms with Crippen LogP contribution in [0.3, 0.4) is 0 Å². The zero-order valence-electron chi connectivity index (χ0n) is 13.0. The van der Waals surface area contributed by atoms with Gasteiger partial charge in [0.25, 0.3) is 0 Å². The molecule has 3 aromatic rings. The lowest BCUT2D eigenvalue weighted by Gasteiger charge is -2.15. The van der Waals surface area contributed by atoms with Gasteiger partial charge in [0.2, 0.25) is 11.0 Å². The van der Waals surface area contributed by atoms with Crippen LogP contribution in [0.5, 0.6) is 0 Å². The Kier molecular flexibility index (Phi) is 5.11. The number of hydrogen-bond acceptors (Lipinski definition) is 7. The molecule has 1 amide bonds. The second-order valence-corrected chi connectivity index (χ2v) is 7.30. The first-order valence-electron chi connectivity index (χ1n) is 7.16. The molecule has 0 atom stereocenters. The molecule has 0 aliphatic heterocycles. The van der Waals surface area contributed by atoms with Gasteiger partial charge in [-0.1, -0.05) is 41.3 Å². The number of nitrogens with two attached hydrogens (primary N) is 1. The molecule has 2 N–H and O–H groups in total. The minimum Gasteiger partial charge on any atom is -0.374 e. The molecule has 0 unspecified atom stereocenters. The molecule has 0 bridgehead atoms. The Morgan fingerprint density at radius 1 is 1.33 bits per heavy atom. The minimum atomic E-state index is 0.0150. The number of benzene rings is 1. The van der Waals surface area contributed by atoms with Crippen molar-refractivity contribution in [3.63, 3.8) is 0 Å². The highest BCUT2D eigenvalue weighted by Gasteiger charge is 2.13. The molecule has 9 heteroatoms. The summed E-state index contributed by atoms with van der Waals surface area (Å²) < 4.78 is 2.50. The molecule has 2 heterocycles. The highest BCUT2D eigenvalue weighted by molar-refractivity contribution is 8.01. The van der Waals surface area contributed by atoms with Crippen LogP contribution in [0.25, 0.3) is 5.69 Å². The average molecular weight is 360 g/mol. The van der Waals surface area contributed by atoms with Gasteiger partial charge >= 0.3 is 0 Å². The van der Waals surface area contributed by atoms with Crippen molar-refractivity contribution in [1.29, 1.82) is 0 Å². The minimum absolute atomic E-state index is 0.0150. The van der Waals surface area contributed by atoms with Crippen molar-refractivity contribution in [2.75, 3.05) is 18.5 Å². The van der Waals surface area contributed by atoms with E-state index in [1.54, 1.807) is 22.8 Å². The van der Waals surface area contributed by atoms with Crippen LogP contribution in [-0.4, -0.2) is 43.6 Å². The van der Waals surface area contributed by atoms with E-state index in [1.165, 1.54) is 23.1 Å². The molecule has 0 radical (unpaired) electrons. The Morgan fingerprint density at radius 3 is 2.83 bits per heavy atom. The first kappa shape index (κ1) is 16.5. The number of hydrogen-bond donors (Lipinski definition) is 1. The Hall–Kier alpha value is -2.39. The van der Waals surface area contributed by atoms with Gasteiger partial charge in [0.1, 0.15) is 0 Å². The molecule has 0 aliphatic carbocycles. The number of thioether (sulfide) groups is 1. The van der Waals surface area contributed by atoms with Gasteiger partial charge in [-0.3, -0.25) is 4.79 Å². The molecule has 2 aromatic heterocycles. The Bertz CT molecular complexity index is 816. The van der Waals surface area contributed by atoms with E-state index in [9.17, 15) is 4.79 Å². The molecule has 0 fully saturated rings. The summed E-state index contributed by atoms with van der Waals surface area (Å²) >= 11 is 2.62. The summed E-state index contributed by atoms with van der Waals surface area (Å²) in [6.45, 7) is 0.504. The maximum atomic E-state index is 12.2. The zero-order chi connectivity index (χ0) is 16.9. The normalized spacial score (nSPS) is 10.7. The molecular formula is C15H16N6OS2. The van der Waals surface area contributed by atoms with Crippen molar-refractivity contribution in [3.05, 3.63) is 48.3 Å². The predicted octanol–water partition coefficient (Wildman–Crippen LogP) is 2.06. The molecule has 0 aliphatic rings. The summed E-state index contributed by atoms with van der Waals surface area (Å²) in [6.07, 6.45) is 3.70. The summed E-state index contributed by atoms with van der Waals surface area (Å²) in [4.78, 5) is 13.9. The van der Waals surface area contributed by atoms with Gasteiger partial charge in [0.15, 0.2) is 4.34 Å². The van der Waals surface area contributed by atoms with Crippen LogP contribution in [0, 0.1) is 0 Å². The highest BCUT2D eigenvalue weighted by Crippen LogP contribution is 2.23. The van der Waals surface area contributed by atoms with E-state index >= 15 is 0 Å². The van der Waals surface area contributed by atoms with Crippen molar-refractivity contribution < 1.29 is 4.79 Å². The smallest absolute Gasteiger partial charge is 0.233 e. The third kappa shape index (κ3) is 4.12. The van der Waals surface area contributed by atoms with Crippen LogP contribution >= 0.6 is 23.1 Å². The van der Waals surface area contributed by atoms with Gasteiger partial charge in [-0.2, -0.15) is 5.10 Å². The van der Waals surface area contributed by atoms with Gasteiger partial charge in [-0.15, -0.1) is 10.2 Å². The Labute approximate surface area is 147 Å². The van der Waals surface area contributed by atoms with E-state index in [0.717, 1.165) is 11.3 Å². The number of para-hydroxylation sites is 1. The maximum absolute atomic E-state index is 12.2. The fraction of sp³-hybridized carbons (Fsp3) is 0.200. The van der Waals surface area contributed by atoms with Crippen molar-refractivity contribution in [2.24, 2.45) is 0 Å². The molecule has 3 rings (SSSR count). The summed E-state index contributed by atoms with van der Waals surface area (Å²) in [5.74, 6) is 0.319. The van der Waals surface area contributed by atoms with Gasteiger partial charge < -0.3 is 10.6 Å². The first-order chi connectivity index (χ1) is 11.6. The third-order valence-electron chi connectivity index (χ3n) is 3.24. The third-order valence-corrected chi connectivity index (χ3v) is 5.11. The zero-order valence-corrected chi connectivity index (χ0v) is 14.6. The summed E-state index contributed by atoms with van der Waals surface area (Å²) in [5, 5.41) is 12.4. The number of nitrogens with zero attached hydrogens (tertiary/aromatic N) is 5. The number of nitrogen functional groups attached to an aromatic ring is 1. The van der Waals surface area contributed by atoms with Crippen molar-refractivity contribution >= 4 is 34.1 Å². The Balaban J connectivity index is 1.55. The molecule has 124 valence electrons. The fourth-order valence-electron chi connectivity index (χ4n) is 2.04. The van der Waals surface area contributed by atoms with Crippen molar-refractivity contribution in [1.82, 2.24) is 24.9 Å². The van der Waals surface area contributed by atoms with Crippen LogP contribution < -0.4 is 5.73 Å². The SMILES string of the molecule is CN(Cc1cnn(-c2ccccc2)c1)C(=O)CSc1nnc(N)s1. The summed E-state index contributed by atoms with van der Waals surface area (Å²) in [6, 6.07) is 9.85. The number of carbonyl (C=O) groups is 1. The van der Waals surface area contributed by atoms with Crippen molar-refractivity contribution in [2.45, 2.75) is 10.9 Å². The van der Waals surface area contributed by atoms with E-state index in [0.29, 0.717) is 21.8 Å². The maximum Gasteiger partial charge on any atom is 0.233 e. The van der Waals surface area contributed by atoms with E-state index < -0.39 is 0 Å². The molecular weight excluding hydrogens is 344 g/mol. The lowest BCUT2D eigenvalue weighted by atomic mass is 10.3. The van der Waals surface area contributed by atoms with E-state index in [1.807, 2.05) is 36.5 Å². The second-order valence-electron chi connectivity index (χ2n) is 5.07. The van der Waals surface area contributed by atoms with Crippen LogP contribution in [0.1, 0.15) is 5.56 Å². The molecule has 1 aromatic carbocycles. The molecule has 24 heavy (non-hydrogen) atoms. The number of rotatable bonds is 6. The molecule has 0 spiro atoms. The molecule has 0 saturated carbocycles. The van der Waals surface area contributed by atoms with Crippen LogP contribution in [0.2, 0.25) is 0 Å². The van der Waals surface area contributed by atoms with Gasteiger partial charge in [-0.25, -0.2) is 4.68 Å². The largest absolute Gasteiger partial charge is 0.374 e. The molecule has 7 nitrogen and oxygen atoms in total. The topological polar surface area (TPSA) is 89.9 Å². The van der Waals surface area contributed by atoms with Gasteiger partial charge in [0.05, 0.1) is 17.6 Å². The lowest BCUT2D eigenvalue weighted by molar-refractivity contribution is -0.127. The van der Waals surface area contributed by atoms with Crippen LogP contribution in [0.15, 0.2) is 47.1 Å². The first-order valence-corrected chi connectivity index (χ1v) is 8.97.